The van der Waals surface area contributed by atoms with Gasteiger partial charge < -0.3 is 9.84 Å². The molecule has 3 aromatic carbocycles. The molecule has 3 nitrogen and oxygen atoms in total. The summed E-state index contributed by atoms with van der Waals surface area (Å²) < 4.78 is 5.16. The van der Waals surface area contributed by atoms with Gasteiger partial charge in [0, 0.05) is 20.9 Å². The number of hydrogen-bond acceptors (Lipinski definition) is 4. The van der Waals surface area contributed by atoms with Crippen molar-refractivity contribution in [1.82, 2.24) is 0 Å². The third-order valence-corrected chi connectivity index (χ3v) is 4.52. The van der Waals surface area contributed by atoms with Gasteiger partial charge in [0.2, 0.25) is 0 Å². The molecule has 24 heavy (non-hydrogen) atoms. The van der Waals surface area contributed by atoms with E-state index in [0.29, 0.717) is 11.1 Å². The predicted octanol–water partition coefficient (Wildman–Crippen LogP) is 4.78. The van der Waals surface area contributed by atoms with E-state index in [1.165, 1.54) is 12.1 Å². The Hall–Kier alpha value is -2.72. The Morgan fingerprint density at radius 3 is 2.25 bits per heavy atom. The summed E-state index contributed by atoms with van der Waals surface area (Å²) >= 11 is 1.59. The molecule has 0 aromatic heterocycles. The lowest BCUT2D eigenvalue weighted by atomic mass is 10.0. The molecule has 0 saturated heterocycles. The highest BCUT2D eigenvalue weighted by Gasteiger charge is 2.10. The van der Waals surface area contributed by atoms with Gasteiger partial charge in [0.15, 0.2) is 5.78 Å². The normalized spacial score (nSPS) is 10.4. The fraction of sp³-hybridized carbons (Fsp3) is 0.0500. The largest absolute Gasteiger partial charge is 0.508 e. The first-order chi connectivity index (χ1) is 11.7. The minimum absolute atomic E-state index is 0.0628. The van der Waals surface area contributed by atoms with Crippen molar-refractivity contribution in [3.63, 3.8) is 0 Å². The molecule has 0 radical (unpaired) electrons. The van der Waals surface area contributed by atoms with E-state index in [1.54, 1.807) is 37.1 Å². The van der Waals surface area contributed by atoms with Crippen molar-refractivity contribution in [2.45, 2.75) is 9.79 Å². The van der Waals surface area contributed by atoms with Crippen molar-refractivity contribution in [1.29, 1.82) is 0 Å². The van der Waals surface area contributed by atoms with Crippen LogP contribution in [0.15, 0.2) is 82.6 Å². The highest BCUT2D eigenvalue weighted by Crippen LogP contribution is 2.30. The molecule has 0 aliphatic rings. The molecule has 3 rings (SSSR count). The highest BCUT2D eigenvalue weighted by molar-refractivity contribution is 7.99. The van der Waals surface area contributed by atoms with Crippen LogP contribution >= 0.6 is 11.8 Å². The molecule has 0 unspecified atom stereocenters. The smallest absolute Gasteiger partial charge is 0.193 e. The second kappa shape index (κ2) is 7.23. The molecule has 0 aliphatic heterocycles. The van der Waals surface area contributed by atoms with Crippen molar-refractivity contribution in [2.24, 2.45) is 0 Å². The Morgan fingerprint density at radius 2 is 1.58 bits per heavy atom. The number of carbonyl (C=O) groups is 1. The summed E-state index contributed by atoms with van der Waals surface area (Å²) in [4.78, 5) is 14.6. The molecule has 0 amide bonds. The van der Waals surface area contributed by atoms with Crippen LogP contribution < -0.4 is 4.74 Å². The Labute approximate surface area is 144 Å². The average molecular weight is 336 g/mol. The van der Waals surface area contributed by atoms with E-state index >= 15 is 0 Å². The zero-order valence-electron chi connectivity index (χ0n) is 13.1. The second-order valence-corrected chi connectivity index (χ2v) is 6.33. The van der Waals surface area contributed by atoms with Gasteiger partial charge in [-0.2, -0.15) is 0 Å². The van der Waals surface area contributed by atoms with E-state index in [4.69, 9.17) is 4.74 Å². The van der Waals surface area contributed by atoms with Crippen LogP contribution in [0.25, 0.3) is 0 Å². The van der Waals surface area contributed by atoms with Crippen molar-refractivity contribution < 1.29 is 14.6 Å². The summed E-state index contributed by atoms with van der Waals surface area (Å²) in [5.74, 6) is 0.901. The quantitative estimate of drug-likeness (QED) is 0.681. The van der Waals surface area contributed by atoms with Gasteiger partial charge in [-0.25, -0.2) is 0 Å². The maximum Gasteiger partial charge on any atom is 0.193 e. The van der Waals surface area contributed by atoms with Crippen LogP contribution in [-0.4, -0.2) is 18.0 Å². The molecule has 0 spiro atoms. The van der Waals surface area contributed by atoms with E-state index in [1.807, 2.05) is 42.5 Å². The first-order valence-electron chi connectivity index (χ1n) is 7.41. The number of methoxy groups -OCH3 is 1. The number of benzene rings is 3. The number of ether oxygens (including phenoxy) is 1. The predicted molar refractivity (Wildman–Crippen MR) is 95.1 cm³/mol. The van der Waals surface area contributed by atoms with Gasteiger partial charge in [-0.15, -0.1) is 0 Å². The van der Waals surface area contributed by atoms with Crippen molar-refractivity contribution in [2.75, 3.05) is 7.11 Å². The molecule has 3 aromatic rings. The summed E-state index contributed by atoms with van der Waals surface area (Å²) in [5, 5.41) is 9.33. The Bertz CT molecular complexity index is 840. The van der Waals surface area contributed by atoms with Gasteiger partial charge >= 0.3 is 0 Å². The molecular weight excluding hydrogens is 320 g/mol. The maximum absolute atomic E-state index is 12.5. The van der Waals surface area contributed by atoms with E-state index in [0.717, 1.165) is 15.5 Å². The molecular formula is C20H16O3S. The molecule has 0 bridgehead atoms. The van der Waals surface area contributed by atoms with Crippen molar-refractivity contribution in [3.8, 4) is 11.5 Å². The van der Waals surface area contributed by atoms with Gasteiger partial charge in [-0.1, -0.05) is 23.9 Å². The molecule has 0 atom stereocenters. The summed E-state index contributed by atoms with van der Waals surface area (Å²) in [5.41, 5.74) is 1.18. The van der Waals surface area contributed by atoms with Crippen molar-refractivity contribution in [3.05, 3.63) is 83.9 Å². The zero-order chi connectivity index (χ0) is 16.9. The minimum Gasteiger partial charge on any atom is -0.508 e. The van der Waals surface area contributed by atoms with Crippen LogP contribution in [-0.2, 0) is 0 Å². The zero-order valence-corrected chi connectivity index (χ0v) is 13.9. The highest BCUT2D eigenvalue weighted by atomic mass is 32.2. The Morgan fingerprint density at radius 1 is 0.875 bits per heavy atom. The average Bonchev–Trinajstić information content (AvgIpc) is 2.63. The summed E-state index contributed by atoms with van der Waals surface area (Å²) in [6.45, 7) is 0. The number of aromatic hydroxyl groups is 1. The third-order valence-electron chi connectivity index (χ3n) is 3.52. The van der Waals surface area contributed by atoms with Crippen LogP contribution in [0.4, 0.5) is 0 Å². The number of phenols is 1. The van der Waals surface area contributed by atoms with Crippen LogP contribution in [0, 0.1) is 0 Å². The maximum atomic E-state index is 12.5. The van der Waals surface area contributed by atoms with Gasteiger partial charge in [-0.05, 0) is 60.7 Å². The molecule has 1 N–H and O–H groups in total. The fourth-order valence-electron chi connectivity index (χ4n) is 2.26. The number of phenolic OH excluding ortho intramolecular Hbond substituents is 1. The Balaban J connectivity index is 1.80. The number of carbonyl (C=O) groups excluding carboxylic acids is 1. The standard InChI is InChI=1S/C20H16O3S/c1-23-17-9-11-18(12-10-17)24-19-4-2-3-15(13-19)20(22)14-5-7-16(21)8-6-14/h2-13,21H,1H3. The molecule has 0 aliphatic carbocycles. The second-order valence-electron chi connectivity index (χ2n) is 5.18. The van der Waals surface area contributed by atoms with Gasteiger partial charge in [0.25, 0.3) is 0 Å². The Kier molecular flexibility index (Phi) is 4.87. The van der Waals surface area contributed by atoms with Crippen LogP contribution in [0.2, 0.25) is 0 Å². The topological polar surface area (TPSA) is 46.5 Å². The van der Waals surface area contributed by atoms with Crippen LogP contribution in [0.1, 0.15) is 15.9 Å². The molecule has 0 saturated carbocycles. The first-order valence-corrected chi connectivity index (χ1v) is 8.23. The monoisotopic (exact) mass is 336 g/mol. The molecule has 0 fully saturated rings. The summed E-state index contributed by atoms with van der Waals surface area (Å²) in [7, 11) is 1.64. The third kappa shape index (κ3) is 3.78. The van der Waals surface area contributed by atoms with Gasteiger partial charge in [-0.3, -0.25) is 4.79 Å². The minimum atomic E-state index is -0.0628. The number of hydrogen-bond donors (Lipinski definition) is 1. The molecule has 120 valence electrons. The van der Waals surface area contributed by atoms with E-state index in [9.17, 15) is 9.90 Å². The van der Waals surface area contributed by atoms with E-state index in [-0.39, 0.29) is 11.5 Å². The summed E-state index contributed by atoms with van der Waals surface area (Å²) in [6.07, 6.45) is 0. The van der Waals surface area contributed by atoms with Gasteiger partial charge in [0.05, 0.1) is 7.11 Å². The van der Waals surface area contributed by atoms with Crippen LogP contribution in [0.3, 0.4) is 0 Å². The first kappa shape index (κ1) is 16.1. The SMILES string of the molecule is COc1ccc(Sc2cccc(C(=O)c3ccc(O)cc3)c2)cc1. The van der Waals surface area contributed by atoms with Crippen LogP contribution in [0.5, 0.6) is 11.5 Å². The van der Waals surface area contributed by atoms with Crippen molar-refractivity contribution >= 4 is 17.5 Å². The van der Waals surface area contributed by atoms with E-state index < -0.39 is 0 Å². The van der Waals surface area contributed by atoms with Gasteiger partial charge in [0.1, 0.15) is 11.5 Å². The number of ketones is 1. The lowest BCUT2D eigenvalue weighted by Gasteiger charge is -2.06. The number of rotatable bonds is 5. The van der Waals surface area contributed by atoms with E-state index in [2.05, 4.69) is 0 Å². The lowest BCUT2D eigenvalue weighted by Crippen LogP contribution is -2.00. The molecule has 0 heterocycles. The summed E-state index contributed by atoms with van der Waals surface area (Å²) in [6, 6.07) is 21.6. The molecule has 4 heteroatoms. The fourth-order valence-corrected chi connectivity index (χ4v) is 3.14. The lowest BCUT2D eigenvalue weighted by molar-refractivity contribution is 0.103.